The SMILES string of the molecule is C[C@H]1CC(=O)Nc2ccccc2N1C(=O)CN1CCN(c2ccc(O)cc2)CC1. The Hall–Kier alpha value is -3.06. The molecule has 1 saturated heterocycles. The number of carbonyl (C=O) groups is 2. The van der Waals surface area contributed by atoms with E-state index >= 15 is 0 Å². The number of hydrogen-bond acceptors (Lipinski definition) is 5. The lowest BCUT2D eigenvalue weighted by atomic mass is 10.1. The Bertz CT molecular complexity index is 891. The summed E-state index contributed by atoms with van der Waals surface area (Å²) in [5, 5.41) is 12.4. The van der Waals surface area contributed by atoms with Gasteiger partial charge in [-0.05, 0) is 43.3 Å². The molecule has 7 heteroatoms. The van der Waals surface area contributed by atoms with E-state index in [1.54, 1.807) is 17.0 Å². The maximum Gasteiger partial charge on any atom is 0.241 e. The van der Waals surface area contributed by atoms with Gasteiger partial charge in [0.25, 0.3) is 0 Å². The van der Waals surface area contributed by atoms with E-state index in [0.29, 0.717) is 12.2 Å². The van der Waals surface area contributed by atoms with Gasteiger partial charge >= 0.3 is 0 Å². The van der Waals surface area contributed by atoms with Crippen molar-refractivity contribution in [1.82, 2.24) is 4.90 Å². The second-order valence-corrected chi connectivity index (χ2v) is 7.66. The van der Waals surface area contributed by atoms with Crippen LogP contribution in [0.1, 0.15) is 13.3 Å². The molecule has 2 aromatic carbocycles. The van der Waals surface area contributed by atoms with Gasteiger partial charge in [-0.25, -0.2) is 0 Å². The summed E-state index contributed by atoms with van der Waals surface area (Å²) in [5.41, 5.74) is 2.53. The zero-order valence-electron chi connectivity index (χ0n) is 16.5. The third kappa shape index (κ3) is 4.19. The molecule has 152 valence electrons. The van der Waals surface area contributed by atoms with E-state index in [9.17, 15) is 14.7 Å². The smallest absolute Gasteiger partial charge is 0.241 e. The maximum absolute atomic E-state index is 13.2. The van der Waals surface area contributed by atoms with Crippen molar-refractivity contribution in [2.75, 3.05) is 47.8 Å². The third-order valence-electron chi connectivity index (χ3n) is 5.57. The van der Waals surface area contributed by atoms with Crippen molar-refractivity contribution in [3.63, 3.8) is 0 Å². The normalized spacial score (nSPS) is 20.0. The van der Waals surface area contributed by atoms with Gasteiger partial charge < -0.3 is 20.2 Å². The number of fused-ring (bicyclic) bond motifs is 1. The molecule has 0 bridgehead atoms. The van der Waals surface area contributed by atoms with E-state index in [0.717, 1.165) is 37.6 Å². The zero-order chi connectivity index (χ0) is 20.4. The molecule has 0 aliphatic carbocycles. The molecule has 7 nitrogen and oxygen atoms in total. The van der Waals surface area contributed by atoms with Crippen molar-refractivity contribution in [3.8, 4) is 5.75 Å². The molecule has 1 atom stereocenters. The Morgan fingerprint density at radius 1 is 1.07 bits per heavy atom. The summed E-state index contributed by atoms with van der Waals surface area (Å²) in [7, 11) is 0. The maximum atomic E-state index is 13.2. The molecular weight excluding hydrogens is 368 g/mol. The summed E-state index contributed by atoms with van der Waals surface area (Å²) in [5.74, 6) is 0.208. The molecule has 0 unspecified atom stereocenters. The van der Waals surface area contributed by atoms with Gasteiger partial charge in [-0.2, -0.15) is 0 Å². The fourth-order valence-electron chi connectivity index (χ4n) is 4.06. The molecule has 0 radical (unpaired) electrons. The fourth-order valence-corrected chi connectivity index (χ4v) is 4.06. The number of benzene rings is 2. The van der Waals surface area contributed by atoms with Crippen LogP contribution in [-0.2, 0) is 9.59 Å². The number of rotatable bonds is 3. The van der Waals surface area contributed by atoms with E-state index in [4.69, 9.17) is 0 Å². The number of nitrogens with one attached hydrogen (secondary N) is 1. The van der Waals surface area contributed by atoms with Crippen LogP contribution in [0.3, 0.4) is 0 Å². The second-order valence-electron chi connectivity index (χ2n) is 7.66. The molecule has 29 heavy (non-hydrogen) atoms. The summed E-state index contributed by atoms with van der Waals surface area (Å²) in [6, 6.07) is 14.5. The van der Waals surface area contributed by atoms with Gasteiger partial charge in [-0.15, -0.1) is 0 Å². The first kappa shape index (κ1) is 19.3. The van der Waals surface area contributed by atoms with Crippen molar-refractivity contribution in [1.29, 1.82) is 0 Å². The number of hydrogen-bond donors (Lipinski definition) is 2. The minimum atomic E-state index is -0.190. The highest BCUT2D eigenvalue weighted by molar-refractivity contribution is 6.04. The molecule has 0 saturated carbocycles. The van der Waals surface area contributed by atoms with Crippen molar-refractivity contribution >= 4 is 28.9 Å². The first-order valence-corrected chi connectivity index (χ1v) is 9.98. The van der Waals surface area contributed by atoms with Crippen LogP contribution in [0.5, 0.6) is 5.75 Å². The van der Waals surface area contributed by atoms with Crippen LogP contribution >= 0.6 is 0 Å². The van der Waals surface area contributed by atoms with Gasteiger partial charge in [0.15, 0.2) is 0 Å². The quantitative estimate of drug-likeness (QED) is 0.835. The summed E-state index contributed by atoms with van der Waals surface area (Å²) in [6.07, 6.45) is 0.287. The van der Waals surface area contributed by atoms with E-state index < -0.39 is 0 Å². The van der Waals surface area contributed by atoms with Crippen LogP contribution in [0.2, 0.25) is 0 Å². The molecule has 2 aromatic rings. The molecule has 2 aliphatic rings. The largest absolute Gasteiger partial charge is 0.508 e. The van der Waals surface area contributed by atoms with Gasteiger partial charge in [0, 0.05) is 44.3 Å². The van der Waals surface area contributed by atoms with Gasteiger partial charge in [0.2, 0.25) is 11.8 Å². The minimum absolute atomic E-state index is 0.0135. The van der Waals surface area contributed by atoms with Gasteiger partial charge in [-0.1, -0.05) is 12.1 Å². The van der Waals surface area contributed by atoms with Crippen LogP contribution < -0.4 is 15.1 Å². The summed E-state index contributed by atoms with van der Waals surface area (Å²) < 4.78 is 0. The molecular formula is C22H26N4O3. The van der Waals surface area contributed by atoms with Crippen LogP contribution in [0.25, 0.3) is 0 Å². The van der Waals surface area contributed by atoms with Crippen molar-refractivity contribution in [2.45, 2.75) is 19.4 Å². The molecule has 2 amide bonds. The van der Waals surface area contributed by atoms with Gasteiger partial charge in [0.05, 0.1) is 17.9 Å². The molecule has 2 aliphatic heterocycles. The number of phenolic OH excluding ortho intramolecular Hbond substituents is 1. The van der Waals surface area contributed by atoms with Gasteiger partial charge in [-0.3, -0.25) is 14.5 Å². The van der Waals surface area contributed by atoms with Crippen molar-refractivity contribution < 1.29 is 14.7 Å². The number of para-hydroxylation sites is 2. The molecule has 2 N–H and O–H groups in total. The number of nitrogens with zero attached hydrogens (tertiary/aromatic N) is 3. The molecule has 4 rings (SSSR count). The Kier molecular flexibility index (Phi) is 5.40. The third-order valence-corrected chi connectivity index (χ3v) is 5.57. The monoisotopic (exact) mass is 394 g/mol. The predicted octanol–water partition coefficient (Wildman–Crippen LogP) is 2.28. The predicted molar refractivity (Wildman–Crippen MR) is 113 cm³/mol. The average molecular weight is 394 g/mol. The number of aromatic hydroxyl groups is 1. The number of carbonyl (C=O) groups excluding carboxylic acids is 2. The standard InChI is InChI=1S/C22H26N4O3/c1-16-14-21(28)23-19-4-2-3-5-20(19)26(16)22(29)15-24-10-12-25(13-11-24)17-6-8-18(27)9-7-17/h2-9,16,27H,10-15H2,1H3,(H,23,28)/t16-/m0/s1. The van der Waals surface area contributed by atoms with Gasteiger partial charge in [0.1, 0.15) is 5.75 Å². The molecule has 0 spiro atoms. The lowest BCUT2D eigenvalue weighted by molar-refractivity contribution is -0.120. The lowest BCUT2D eigenvalue weighted by Crippen LogP contribution is -2.51. The molecule has 0 aromatic heterocycles. The number of anilines is 3. The highest BCUT2D eigenvalue weighted by atomic mass is 16.3. The summed E-state index contributed by atoms with van der Waals surface area (Å²) >= 11 is 0. The Morgan fingerprint density at radius 3 is 2.48 bits per heavy atom. The van der Waals surface area contributed by atoms with Crippen molar-refractivity contribution in [2.24, 2.45) is 0 Å². The van der Waals surface area contributed by atoms with E-state index in [1.807, 2.05) is 43.3 Å². The average Bonchev–Trinajstić information content (AvgIpc) is 2.83. The topological polar surface area (TPSA) is 76.1 Å². The van der Waals surface area contributed by atoms with Crippen LogP contribution in [0.15, 0.2) is 48.5 Å². The highest BCUT2D eigenvalue weighted by Gasteiger charge is 2.31. The lowest BCUT2D eigenvalue weighted by Gasteiger charge is -2.37. The first-order valence-electron chi connectivity index (χ1n) is 9.98. The number of amides is 2. The van der Waals surface area contributed by atoms with Crippen LogP contribution in [0.4, 0.5) is 17.1 Å². The van der Waals surface area contributed by atoms with Crippen LogP contribution in [0, 0.1) is 0 Å². The van der Waals surface area contributed by atoms with Crippen molar-refractivity contribution in [3.05, 3.63) is 48.5 Å². The Morgan fingerprint density at radius 2 is 1.76 bits per heavy atom. The number of piperazine rings is 1. The Balaban J connectivity index is 1.42. The fraction of sp³-hybridized carbons (Fsp3) is 0.364. The van der Waals surface area contributed by atoms with E-state index in [2.05, 4.69) is 15.1 Å². The zero-order valence-corrected chi connectivity index (χ0v) is 16.5. The van der Waals surface area contributed by atoms with E-state index in [1.165, 1.54) is 0 Å². The van der Waals surface area contributed by atoms with E-state index in [-0.39, 0.29) is 30.0 Å². The highest BCUT2D eigenvalue weighted by Crippen LogP contribution is 2.31. The Labute approximate surface area is 170 Å². The molecule has 1 fully saturated rings. The first-order chi connectivity index (χ1) is 14.0. The second kappa shape index (κ2) is 8.13. The van der Waals surface area contributed by atoms with Crippen LogP contribution in [-0.4, -0.2) is 60.6 Å². The summed E-state index contributed by atoms with van der Waals surface area (Å²) in [6.45, 7) is 5.47. The minimum Gasteiger partial charge on any atom is -0.508 e. The number of phenols is 1. The molecule has 2 heterocycles. The summed E-state index contributed by atoms with van der Waals surface area (Å²) in [4.78, 5) is 31.5.